The summed E-state index contributed by atoms with van der Waals surface area (Å²) in [6.07, 6.45) is 23.1. The molecule has 83 heavy (non-hydrogen) atoms. The van der Waals surface area contributed by atoms with Crippen LogP contribution < -0.4 is 0 Å². The van der Waals surface area contributed by atoms with Crippen LogP contribution in [0.5, 0.6) is 0 Å². The molecule has 2 aromatic carbocycles. The van der Waals surface area contributed by atoms with Crippen molar-refractivity contribution in [3.63, 3.8) is 0 Å². The minimum atomic E-state index is -0.674. The van der Waals surface area contributed by atoms with Gasteiger partial charge in [0.25, 0.3) is 6.47 Å². The minimum absolute atomic E-state index is 0.0101. The Morgan fingerprint density at radius 1 is 0.494 bits per heavy atom. The molecule has 0 N–H and O–H groups in total. The Bertz CT molecular complexity index is 2950. The first kappa shape index (κ1) is 60.4. The van der Waals surface area contributed by atoms with Gasteiger partial charge in [0.1, 0.15) is 19.0 Å². The molecule has 0 heterocycles. The maximum absolute atomic E-state index is 14.2. The van der Waals surface area contributed by atoms with Gasteiger partial charge in [-0.2, -0.15) is 0 Å². The molecule has 8 nitrogen and oxygen atoms in total. The summed E-state index contributed by atoms with van der Waals surface area (Å²) >= 11 is 0. The second-order valence-corrected chi connectivity index (χ2v) is 33.5. The van der Waals surface area contributed by atoms with Gasteiger partial charge in [0, 0.05) is 17.3 Å². The number of rotatable bonds is 8. The SMILES string of the molecule is CC1(C)CC[C@]2(C(=O)OCc3ccccc3)CC[C@]3(C)C(=CCC4[C@@]5(C)CC(OC=O)C(=O)C(C)(C)[C@@H]5CC[C@]43C)[C@@H]2C1.CC1(C)CC[C@]2(C(=O)OCc3ccccc3)CC[C@]3(C)C(=CCC4[C@@]5(C)CCC(=O)C(C)(C)[C@@H]5CC[C@]43C)[C@@H]2C1. The maximum Gasteiger partial charge on any atom is 0.313 e. The van der Waals surface area contributed by atoms with Crippen LogP contribution in [0.1, 0.15) is 230 Å². The van der Waals surface area contributed by atoms with Gasteiger partial charge in [-0.3, -0.25) is 24.0 Å². The second-order valence-electron chi connectivity index (χ2n) is 33.5. The molecule has 452 valence electrons. The Morgan fingerprint density at radius 2 is 0.916 bits per heavy atom. The number of Topliss-reactive ketones (excluding diaryl/α,β-unsaturated/α-hetero) is 2. The lowest BCUT2D eigenvalue weighted by Gasteiger charge is -2.70. The zero-order valence-electron chi connectivity index (χ0n) is 53.7. The molecule has 15 atom stereocenters. The van der Waals surface area contributed by atoms with Crippen LogP contribution in [0.15, 0.2) is 84.0 Å². The average molecular weight is 1130 g/mol. The fourth-order valence-corrected chi connectivity index (χ4v) is 22.8. The zero-order valence-corrected chi connectivity index (χ0v) is 53.7. The van der Waals surface area contributed by atoms with Crippen molar-refractivity contribution in [2.45, 2.75) is 238 Å². The van der Waals surface area contributed by atoms with Crippen LogP contribution in [-0.2, 0) is 51.4 Å². The first-order valence-corrected chi connectivity index (χ1v) is 32.8. The summed E-state index contributed by atoms with van der Waals surface area (Å²) in [7, 11) is 0. The van der Waals surface area contributed by atoms with E-state index in [1.807, 2.05) is 60.7 Å². The van der Waals surface area contributed by atoms with E-state index < -0.39 is 22.3 Å². The first-order chi connectivity index (χ1) is 38.8. The molecule has 8 saturated carbocycles. The summed E-state index contributed by atoms with van der Waals surface area (Å²) in [4.78, 5) is 66.3. The van der Waals surface area contributed by atoms with Gasteiger partial charge >= 0.3 is 11.9 Å². The van der Waals surface area contributed by atoms with Gasteiger partial charge in [-0.25, -0.2) is 0 Å². The van der Waals surface area contributed by atoms with E-state index in [2.05, 4.69) is 109 Å². The van der Waals surface area contributed by atoms with Gasteiger partial charge in [-0.15, -0.1) is 0 Å². The van der Waals surface area contributed by atoms with E-state index in [1.165, 1.54) is 12.0 Å². The molecule has 0 radical (unpaired) electrons. The van der Waals surface area contributed by atoms with Gasteiger partial charge in [-0.1, -0.05) is 181 Å². The zero-order chi connectivity index (χ0) is 59.8. The lowest BCUT2D eigenvalue weighted by atomic mass is 9.33. The number of allylic oxidation sites excluding steroid dienone is 4. The number of carbonyl (C=O) groups excluding carboxylic acids is 5. The van der Waals surface area contributed by atoms with Crippen LogP contribution in [0.2, 0.25) is 0 Å². The largest absolute Gasteiger partial charge is 0.460 e. The van der Waals surface area contributed by atoms with E-state index in [0.717, 1.165) is 120 Å². The molecule has 0 bridgehead atoms. The van der Waals surface area contributed by atoms with E-state index in [1.54, 1.807) is 5.57 Å². The summed E-state index contributed by atoms with van der Waals surface area (Å²) < 4.78 is 17.8. The topological polar surface area (TPSA) is 113 Å². The Balaban J connectivity index is 0.000000174. The van der Waals surface area contributed by atoms with Gasteiger partial charge < -0.3 is 14.2 Å². The highest BCUT2D eigenvalue weighted by molar-refractivity contribution is 5.90. The summed E-state index contributed by atoms with van der Waals surface area (Å²) in [5.41, 5.74) is 4.22. The monoisotopic (exact) mass is 1130 g/mol. The van der Waals surface area contributed by atoms with Crippen LogP contribution in [0.4, 0.5) is 0 Å². The molecular weight excluding hydrogens is 1030 g/mol. The van der Waals surface area contributed by atoms with Crippen molar-refractivity contribution < 1.29 is 38.2 Å². The Hall–Kier alpha value is -4.33. The molecular formula is C75H104O8. The van der Waals surface area contributed by atoms with Gasteiger partial charge in [-0.05, 0) is 206 Å². The van der Waals surface area contributed by atoms with Crippen LogP contribution >= 0.6 is 0 Å². The molecule has 2 aromatic rings. The number of hydrogen-bond donors (Lipinski definition) is 0. The Labute approximate surface area is 499 Å². The van der Waals surface area contributed by atoms with Gasteiger partial charge in [0.05, 0.1) is 10.8 Å². The van der Waals surface area contributed by atoms with Crippen LogP contribution in [-0.4, -0.2) is 36.1 Å². The first-order valence-electron chi connectivity index (χ1n) is 32.8. The molecule has 10 aliphatic rings. The lowest BCUT2D eigenvalue weighted by molar-refractivity contribution is -0.204. The Kier molecular flexibility index (Phi) is 14.8. The van der Waals surface area contributed by atoms with Crippen molar-refractivity contribution in [1.82, 2.24) is 0 Å². The van der Waals surface area contributed by atoms with Crippen LogP contribution in [0.3, 0.4) is 0 Å². The third-order valence-electron chi connectivity index (χ3n) is 28.2. The highest BCUT2D eigenvalue weighted by Crippen LogP contribution is 2.78. The molecule has 0 aromatic heterocycles. The van der Waals surface area contributed by atoms with Crippen LogP contribution in [0.25, 0.3) is 0 Å². The maximum atomic E-state index is 14.2. The van der Waals surface area contributed by atoms with Crippen LogP contribution in [0, 0.1) is 100 Å². The third kappa shape index (κ3) is 9.05. The summed E-state index contributed by atoms with van der Waals surface area (Å²) in [5.74, 6) is 2.66. The summed E-state index contributed by atoms with van der Waals surface area (Å²) in [6.45, 7) is 34.4. The molecule has 0 saturated heterocycles. The number of carbonyl (C=O) groups is 5. The van der Waals surface area contributed by atoms with E-state index in [9.17, 15) is 24.0 Å². The molecule has 8 heteroatoms. The molecule has 0 aliphatic heterocycles. The van der Waals surface area contributed by atoms with E-state index in [-0.39, 0.29) is 84.2 Å². The number of ether oxygens (including phenoxy) is 3. The molecule has 12 rings (SSSR count). The lowest BCUT2D eigenvalue weighted by Crippen LogP contribution is -2.66. The number of benzene rings is 2. The highest BCUT2D eigenvalue weighted by Gasteiger charge is 2.72. The fourth-order valence-electron chi connectivity index (χ4n) is 22.8. The highest BCUT2D eigenvalue weighted by atomic mass is 16.5. The third-order valence-corrected chi connectivity index (χ3v) is 28.2. The van der Waals surface area contributed by atoms with E-state index in [0.29, 0.717) is 49.6 Å². The predicted molar refractivity (Wildman–Crippen MR) is 327 cm³/mol. The van der Waals surface area contributed by atoms with Crippen molar-refractivity contribution in [2.75, 3.05) is 0 Å². The smallest absolute Gasteiger partial charge is 0.313 e. The molecule has 3 unspecified atom stereocenters. The molecule has 8 fully saturated rings. The van der Waals surface area contributed by atoms with Crippen molar-refractivity contribution >= 4 is 30.0 Å². The summed E-state index contributed by atoms with van der Waals surface area (Å²) in [6, 6.07) is 20.2. The number of ketones is 2. The standard InChI is InChI=1S/C38H52O5.C37H52O3/c1-33(2)17-19-38(32(41)42-23-25-11-9-8-10-12-25)20-18-36(6)26(27(38)21-33)13-14-30-35(5)22-28(43-24-39)31(40)34(3,4)29(35)15-16-37(30,36)7;1-32(2)19-21-37(31(39)40-24-25-11-9-8-10-12-25)22-20-35(6)26(27(37)23-32)13-14-29-34(5)17-16-30(38)33(3,4)28(34)15-18-36(29,35)7/h8-13,24,27-30H,14-23H2,1-7H3;8-13,27-29H,14-24H2,1-7H3/t27-,28?,29-,30?,35-,36+,37+,38-;27-,28-,29?,34-,35+,36+,37-/m00/s1. The molecule has 0 spiro atoms. The fraction of sp³-hybridized carbons (Fsp3) is 0.720. The second kappa shape index (κ2) is 20.4. The summed E-state index contributed by atoms with van der Waals surface area (Å²) in [5, 5.41) is 0. The normalized spacial score (nSPS) is 43.0. The predicted octanol–water partition coefficient (Wildman–Crippen LogP) is 17.4. The van der Waals surface area contributed by atoms with Crippen molar-refractivity contribution in [3.8, 4) is 0 Å². The van der Waals surface area contributed by atoms with Crippen molar-refractivity contribution in [3.05, 3.63) is 95.1 Å². The number of fused-ring (bicyclic) bond motifs is 14. The van der Waals surface area contributed by atoms with E-state index >= 15 is 0 Å². The van der Waals surface area contributed by atoms with E-state index in [4.69, 9.17) is 14.2 Å². The molecule has 10 aliphatic carbocycles. The van der Waals surface area contributed by atoms with Gasteiger partial charge in [0.15, 0.2) is 11.9 Å². The van der Waals surface area contributed by atoms with Crippen molar-refractivity contribution in [1.29, 1.82) is 0 Å². The average Bonchev–Trinajstić information content (AvgIpc) is 1.18. The minimum Gasteiger partial charge on any atom is -0.460 e. The quantitative estimate of drug-likeness (QED) is 0.111. The number of hydrogen-bond acceptors (Lipinski definition) is 8. The molecule has 0 amide bonds. The Morgan fingerprint density at radius 3 is 1.36 bits per heavy atom. The number of esters is 2. The van der Waals surface area contributed by atoms with Gasteiger partial charge in [0.2, 0.25) is 0 Å². The van der Waals surface area contributed by atoms with Crippen molar-refractivity contribution in [2.24, 2.45) is 100 Å².